The molecule has 4 rings (SSSR count). The van der Waals surface area contributed by atoms with Crippen LogP contribution < -0.4 is 5.32 Å². The molecule has 1 heterocycles. The fourth-order valence-corrected chi connectivity index (χ4v) is 5.93. The number of aliphatic hydroxyl groups is 1. The average molecular weight is 613 g/mol. The number of Topliss-reactive ketones (excluding diaryl/α,β-unsaturated/α-hetero) is 1. The fraction of sp³-hybridized carbons (Fsp3) is 0.324. The van der Waals surface area contributed by atoms with Crippen molar-refractivity contribution in [2.75, 3.05) is 5.32 Å². The second kappa shape index (κ2) is 14.0. The van der Waals surface area contributed by atoms with E-state index in [1.54, 1.807) is 32.9 Å². The van der Waals surface area contributed by atoms with E-state index < -0.39 is 35.0 Å². The third-order valence-corrected chi connectivity index (χ3v) is 7.85. The first-order valence-corrected chi connectivity index (χ1v) is 15.2. The lowest BCUT2D eigenvalue weighted by Gasteiger charge is -2.26. The molecule has 0 saturated heterocycles. The third kappa shape index (κ3) is 7.75. The number of amides is 1. The first-order chi connectivity index (χ1) is 21.3. The average Bonchev–Trinajstić information content (AvgIpc) is 3.32. The van der Waals surface area contributed by atoms with E-state index in [1.165, 1.54) is 12.1 Å². The summed E-state index contributed by atoms with van der Waals surface area (Å²) in [5.41, 5.74) is 3.83. The molecule has 1 aromatic heterocycles. The molecule has 1 unspecified atom stereocenters. The van der Waals surface area contributed by atoms with Crippen molar-refractivity contribution in [3.8, 4) is 22.4 Å². The van der Waals surface area contributed by atoms with Gasteiger partial charge < -0.3 is 20.1 Å². The SMILES string of the molecule is CC(C)c1c(C(=O)Nc2ccccc2)c(-c2ccccc2)c(-c2ccc(F)cc2)n1CCC(O)CC(=O)[C@H](C(=O)O)C(C)(C)C. The molecule has 0 aliphatic carbocycles. The predicted octanol–water partition coefficient (Wildman–Crippen LogP) is 7.79. The Labute approximate surface area is 263 Å². The van der Waals surface area contributed by atoms with E-state index in [1.807, 2.05) is 79.1 Å². The number of carboxylic acids is 1. The van der Waals surface area contributed by atoms with Gasteiger partial charge in [0, 0.05) is 29.9 Å². The maximum Gasteiger partial charge on any atom is 0.314 e. The van der Waals surface area contributed by atoms with Crippen LogP contribution in [0.15, 0.2) is 84.9 Å². The zero-order valence-corrected chi connectivity index (χ0v) is 26.4. The number of nitrogens with one attached hydrogen (secondary N) is 1. The van der Waals surface area contributed by atoms with Gasteiger partial charge >= 0.3 is 5.97 Å². The van der Waals surface area contributed by atoms with Gasteiger partial charge in [-0.05, 0) is 65.3 Å². The van der Waals surface area contributed by atoms with Crippen LogP contribution in [0.3, 0.4) is 0 Å². The number of carbonyl (C=O) groups excluding carboxylic acids is 2. The first-order valence-electron chi connectivity index (χ1n) is 15.2. The number of hydrogen-bond donors (Lipinski definition) is 3. The first kappa shape index (κ1) is 33.3. The Morgan fingerprint density at radius 1 is 0.867 bits per heavy atom. The van der Waals surface area contributed by atoms with Crippen molar-refractivity contribution in [3.05, 3.63) is 102 Å². The van der Waals surface area contributed by atoms with E-state index in [9.17, 15) is 29.0 Å². The van der Waals surface area contributed by atoms with Crippen molar-refractivity contribution in [2.45, 2.75) is 66.0 Å². The molecule has 236 valence electrons. The van der Waals surface area contributed by atoms with E-state index in [0.29, 0.717) is 28.1 Å². The van der Waals surface area contributed by atoms with Gasteiger partial charge in [-0.15, -0.1) is 0 Å². The van der Waals surface area contributed by atoms with Crippen LogP contribution in [0, 0.1) is 17.2 Å². The Balaban J connectivity index is 1.86. The molecule has 0 aliphatic rings. The molecule has 0 spiro atoms. The molecule has 0 saturated carbocycles. The van der Waals surface area contributed by atoms with Gasteiger partial charge in [-0.25, -0.2) is 4.39 Å². The highest BCUT2D eigenvalue weighted by Gasteiger charge is 2.38. The summed E-state index contributed by atoms with van der Waals surface area (Å²) < 4.78 is 16.1. The number of nitrogens with zero attached hydrogens (tertiary/aromatic N) is 1. The Bertz CT molecular complexity index is 1640. The van der Waals surface area contributed by atoms with Crippen LogP contribution in [0.4, 0.5) is 10.1 Å². The number of halogens is 1. The minimum absolute atomic E-state index is 0.124. The lowest BCUT2D eigenvalue weighted by molar-refractivity contribution is -0.151. The molecule has 3 N–H and O–H groups in total. The molecular weight excluding hydrogens is 571 g/mol. The summed E-state index contributed by atoms with van der Waals surface area (Å²) in [6.07, 6.45) is -1.31. The molecule has 0 aliphatic heterocycles. The Kier molecular flexibility index (Phi) is 10.4. The second-order valence-electron chi connectivity index (χ2n) is 12.7. The molecule has 7 nitrogen and oxygen atoms in total. The normalized spacial score (nSPS) is 13.0. The number of rotatable bonds is 12. The maximum atomic E-state index is 14.2. The van der Waals surface area contributed by atoms with E-state index in [4.69, 9.17) is 0 Å². The summed E-state index contributed by atoms with van der Waals surface area (Å²) in [5.74, 6) is -3.86. The number of aliphatic hydroxyl groups excluding tert-OH is 1. The van der Waals surface area contributed by atoms with Crippen LogP contribution in [0.2, 0.25) is 0 Å². The number of anilines is 1. The molecule has 0 bridgehead atoms. The monoisotopic (exact) mass is 612 g/mol. The fourth-order valence-electron chi connectivity index (χ4n) is 5.93. The van der Waals surface area contributed by atoms with E-state index in [2.05, 4.69) is 5.32 Å². The van der Waals surface area contributed by atoms with Crippen LogP contribution in [0.25, 0.3) is 22.4 Å². The predicted molar refractivity (Wildman–Crippen MR) is 175 cm³/mol. The zero-order valence-electron chi connectivity index (χ0n) is 26.4. The van der Waals surface area contributed by atoms with Gasteiger partial charge in [0.1, 0.15) is 17.5 Å². The smallest absolute Gasteiger partial charge is 0.314 e. The summed E-state index contributed by atoms with van der Waals surface area (Å²) in [5, 5.41) is 23.8. The molecule has 0 fully saturated rings. The molecule has 1 amide bonds. The summed E-state index contributed by atoms with van der Waals surface area (Å²) in [7, 11) is 0. The number of benzene rings is 3. The highest BCUT2D eigenvalue weighted by molar-refractivity contribution is 6.12. The Morgan fingerprint density at radius 2 is 1.44 bits per heavy atom. The summed E-state index contributed by atoms with van der Waals surface area (Å²) in [6, 6.07) is 24.7. The van der Waals surface area contributed by atoms with Gasteiger partial charge in [-0.2, -0.15) is 0 Å². The lowest BCUT2D eigenvalue weighted by Crippen LogP contribution is -2.37. The summed E-state index contributed by atoms with van der Waals surface area (Å²) in [4.78, 5) is 39.1. The van der Waals surface area contributed by atoms with E-state index >= 15 is 0 Å². The number of carbonyl (C=O) groups is 3. The van der Waals surface area contributed by atoms with Crippen molar-refractivity contribution in [1.82, 2.24) is 4.57 Å². The topological polar surface area (TPSA) is 109 Å². The number of carboxylic acid groups (broad SMARTS) is 1. The second-order valence-corrected chi connectivity index (χ2v) is 12.7. The largest absolute Gasteiger partial charge is 0.481 e. The van der Waals surface area contributed by atoms with Gasteiger partial charge in [0.25, 0.3) is 5.91 Å². The number of hydrogen-bond acceptors (Lipinski definition) is 4. The Hall–Kier alpha value is -4.56. The minimum Gasteiger partial charge on any atom is -0.481 e. The number of ketones is 1. The van der Waals surface area contributed by atoms with Crippen LogP contribution in [0.1, 0.15) is 69.4 Å². The van der Waals surface area contributed by atoms with Crippen LogP contribution in [-0.2, 0) is 16.1 Å². The van der Waals surface area contributed by atoms with E-state index in [-0.39, 0.29) is 31.2 Å². The molecule has 2 atom stereocenters. The quantitative estimate of drug-likeness (QED) is 0.142. The van der Waals surface area contributed by atoms with Gasteiger partial charge in [-0.1, -0.05) is 83.1 Å². The maximum absolute atomic E-state index is 14.2. The van der Waals surface area contributed by atoms with Crippen LogP contribution in [0.5, 0.6) is 0 Å². The molecule has 8 heteroatoms. The minimum atomic E-state index is -1.25. The highest BCUT2D eigenvalue weighted by atomic mass is 19.1. The molecule has 4 aromatic rings. The lowest BCUT2D eigenvalue weighted by atomic mass is 9.77. The van der Waals surface area contributed by atoms with Gasteiger partial charge in [-0.3, -0.25) is 14.4 Å². The standard InChI is InChI=1S/C37H41FN2O5/c1-23(2)33-31(35(43)39-27-14-10-7-11-15-27)30(24-12-8-6-9-13-24)34(25-16-18-26(38)19-17-25)40(33)21-20-28(41)22-29(42)32(36(44)45)37(3,4)5/h6-19,23,28,32,41H,20-22H2,1-5H3,(H,39,43)(H,44,45)/t28?,32-/m1/s1. The van der Waals surface area contributed by atoms with Crippen molar-refractivity contribution in [3.63, 3.8) is 0 Å². The van der Waals surface area contributed by atoms with Crippen LogP contribution >= 0.6 is 0 Å². The number of para-hydroxylation sites is 1. The van der Waals surface area contributed by atoms with Crippen LogP contribution in [-0.4, -0.2) is 38.5 Å². The number of aliphatic carboxylic acids is 1. The Morgan fingerprint density at radius 3 is 1.98 bits per heavy atom. The van der Waals surface area contributed by atoms with Crippen molar-refractivity contribution in [2.24, 2.45) is 11.3 Å². The molecular formula is C37H41FN2O5. The van der Waals surface area contributed by atoms with Crippen molar-refractivity contribution in [1.29, 1.82) is 0 Å². The molecule has 3 aromatic carbocycles. The van der Waals surface area contributed by atoms with Crippen molar-refractivity contribution >= 4 is 23.3 Å². The summed E-state index contributed by atoms with van der Waals surface area (Å²) >= 11 is 0. The zero-order chi connectivity index (χ0) is 32.9. The van der Waals surface area contributed by atoms with Gasteiger partial charge in [0.2, 0.25) is 0 Å². The molecule has 45 heavy (non-hydrogen) atoms. The van der Waals surface area contributed by atoms with Crippen molar-refractivity contribution < 1.29 is 29.0 Å². The van der Waals surface area contributed by atoms with E-state index in [0.717, 1.165) is 11.3 Å². The highest BCUT2D eigenvalue weighted by Crippen LogP contribution is 2.42. The third-order valence-electron chi connectivity index (χ3n) is 7.85. The summed E-state index contributed by atoms with van der Waals surface area (Å²) in [6.45, 7) is 9.25. The molecule has 0 radical (unpaired) electrons. The van der Waals surface area contributed by atoms with Gasteiger partial charge in [0.15, 0.2) is 0 Å². The number of aromatic nitrogens is 1. The van der Waals surface area contributed by atoms with Gasteiger partial charge in [0.05, 0.1) is 17.4 Å².